The lowest BCUT2D eigenvalue weighted by Crippen LogP contribution is -2.74. The third-order valence-electron chi connectivity index (χ3n) is 12.2. The van der Waals surface area contributed by atoms with Crippen molar-refractivity contribution in [2.24, 2.45) is 0 Å². The minimum atomic E-state index is -2.91. The van der Waals surface area contributed by atoms with E-state index in [-0.39, 0.29) is 0 Å². The van der Waals surface area contributed by atoms with Gasteiger partial charge in [0.05, 0.1) is 22.1 Å². The lowest BCUT2D eigenvalue weighted by atomic mass is 10.1. The van der Waals surface area contributed by atoms with Crippen molar-refractivity contribution >= 4 is 94.4 Å². The van der Waals surface area contributed by atoms with Crippen LogP contribution in [0.3, 0.4) is 0 Å². The van der Waals surface area contributed by atoms with Crippen LogP contribution in [-0.2, 0) is 0 Å². The molecule has 0 aliphatic heterocycles. The highest BCUT2D eigenvalue weighted by Crippen LogP contribution is 2.40. The summed E-state index contributed by atoms with van der Waals surface area (Å²) in [6, 6.07) is 73.3. The van der Waals surface area contributed by atoms with Crippen LogP contribution < -0.4 is 20.7 Å². The number of benzene rings is 8. The molecule has 272 valence electrons. The summed E-state index contributed by atoms with van der Waals surface area (Å²) in [4.78, 5) is 4.52. The molecule has 0 aliphatic carbocycles. The van der Waals surface area contributed by atoms with Crippen LogP contribution in [-0.4, -0.2) is 22.2 Å². The number of aromatic nitrogens is 3. The third-order valence-corrected chi connectivity index (χ3v) is 16.9. The van der Waals surface area contributed by atoms with Crippen molar-refractivity contribution in [3.63, 3.8) is 0 Å². The molecule has 12 aromatic rings. The van der Waals surface area contributed by atoms with Gasteiger partial charge in [0, 0.05) is 56.1 Å². The molecule has 8 aromatic carbocycles. The molecular formula is C53H35N3OSi. The van der Waals surface area contributed by atoms with Gasteiger partial charge in [0.15, 0.2) is 13.7 Å². The Morgan fingerprint density at radius 1 is 0.379 bits per heavy atom. The summed E-state index contributed by atoms with van der Waals surface area (Å²) < 4.78 is 11.5. The number of hydrogen-bond donors (Lipinski definition) is 0. The zero-order valence-electron chi connectivity index (χ0n) is 31.5. The highest BCUT2D eigenvalue weighted by molar-refractivity contribution is 7.19. The van der Waals surface area contributed by atoms with Crippen LogP contribution in [0.4, 0.5) is 0 Å². The second kappa shape index (κ2) is 12.8. The van der Waals surface area contributed by atoms with Crippen LogP contribution in [0.2, 0.25) is 0 Å². The normalized spacial score (nSPS) is 12.1. The zero-order valence-corrected chi connectivity index (χ0v) is 32.5. The Morgan fingerprint density at radius 3 is 1.69 bits per heavy atom. The number of nitrogens with zero attached hydrogens (tertiary/aromatic N) is 3. The van der Waals surface area contributed by atoms with Gasteiger partial charge in [-0.15, -0.1) is 0 Å². The van der Waals surface area contributed by atoms with Crippen molar-refractivity contribution in [2.45, 2.75) is 0 Å². The molecule has 0 N–H and O–H groups in total. The molecule has 0 saturated carbocycles. The summed E-state index contributed by atoms with van der Waals surface area (Å²) in [6.07, 6.45) is 3.88. The van der Waals surface area contributed by atoms with E-state index in [1.54, 1.807) is 0 Å². The second-order valence-corrected chi connectivity index (χ2v) is 18.9. The number of para-hydroxylation sites is 3. The average Bonchev–Trinajstić information content (AvgIpc) is 3.96. The average molecular weight is 758 g/mol. The molecule has 4 nitrogen and oxygen atoms in total. The number of rotatable bonds is 6. The van der Waals surface area contributed by atoms with Gasteiger partial charge in [-0.2, -0.15) is 0 Å². The molecule has 4 heterocycles. The van der Waals surface area contributed by atoms with Crippen LogP contribution in [0, 0.1) is 0 Å². The highest BCUT2D eigenvalue weighted by Gasteiger charge is 2.41. The fraction of sp³-hybridized carbons (Fsp3) is 0. The summed E-state index contributed by atoms with van der Waals surface area (Å²) >= 11 is 0. The van der Waals surface area contributed by atoms with Gasteiger partial charge in [-0.25, -0.2) is 0 Å². The monoisotopic (exact) mass is 757 g/mol. The SMILES string of the molecule is c1ccc([Si](c2ccccc2)(c2ccc(-n3c4ccccc4c4ccc5c6ccccc6oc5c43)cc2)c2cccc(-n3c4ccccc4c4cnccc43)c2)cc1. The zero-order chi connectivity index (χ0) is 38.2. The topological polar surface area (TPSA) is 35.9 Å². The van der Waals surface area contributed by atoms with Crippen LogP contribution in [0.25, 0.3) is 76.9 Å². The van der Waals surface area contributed by atoms with E-state index in [2.05, 4.69) is 208 Å². The predicted octanol–water partition coefficient (Wildman–Crippen LogP) is 10.6. The lowest BCUT2D eigenvalue weighted by Gasteiger charge is -2.35. The molecule has 0 fully saturated rings. The van der Waals surface area contributed by atoms with Crippen LogP contribution in [0.5, 0.6) is 0 Å². The molecule has 0 aliphatic rings. The summed E-state index contributed by atoms with van der Waals surface area (Å²) in [5, 5.41) is 12.3. The Kier molecular flexibility index (Phi) is 7.21. The number of fused-ring (bicyclic) bond motifs is 10. The first kappa shape index (κ1) is 32.7. The molecule has 12 rings (SSSR count). The van der Waals surface area contributed by atoms with Gasteiger partial charge in [0.25, 0.3) is 0 Å². The molecule has 0 spiro atoms. The van der Waals surface area contributed by atoms with Crippen molar-refractivity contribution in [3.8, 4) is 11.4 Å². The third kappa shape index (κ3) is 4.65. The quantitative estimate of drug-likeness (QED) is 0.125. The standard InChI is InChI=1S/C53H35N3OSi/c1-3-15-38(16-4-1)58(39-17-5-2-6-18-39,41-19-13-14-37(34-41)55-48-23-10-8-21-43(48)47-35-54-33-32-50(47)55)40-28-26-36(27-29-40)56-49-24-11-7-20-42(49)45-30-31-46-44-22-9-12-25-51(44)57-53(46)52(45)56/h1-35H. The second-order valence-electron chi connectivity index (χ2n) is 15.1. The Labute approximate surface area is 335 Å². The first-order chi connectivity index (χ1) is 28.8. The molecule has 4 aromatic heterocycles. The Hall–Kier alpha value is -7.47. The molecule has 58 heavy (non-hydrogen) atoms. The molecule has 0 radical (unpaired) electrons. The molecule has 0 atom stereocenters. The predicted molar refractivity (Wildman–Crippen MR) is 244 cm³/mol. The van der Waals surface area contributed by atoms with Crippen molar-refractivity contribution in [3.05, 3.63) is 213 Å². The van der Waals surface area contributed by atoms with E-state index in [9.17, 15) is 0 Å². The number of pyridine rings is 1. The highest BCUT2D eigenvalue weighted by atomic mass is 28.3. The largest absolute Gasteiger partial charge is 0.454 e. The van der Waals surface area contributed by atoms with E-state index in [0.29, 0.717) is 0 Å². The van der Waals surface area contributed by atoms with Gasteiger partial charge in [0.2, 0.25) is 0 Å². The number of furan rings is 1. The van der Waals surface area contributed by atoms with E-state index >= 15 is 0 Å². The van der Waals surface area contributed by atoms with E-state index in [0.717, 1.165) is 55.2 Å². The van der Waals surface area contributed by atoms with E-state index in [4.69, 9.17) is 4.42 Å². The van der Waals surface area contributed by atoms with Gasteiger partial charge in [0.1, 0.15) is 5.58 Å². The van der Waals surface area contributed by atoms with Crippen molar-refractivity contribution < 1.29 is 4.42 Å². The van der Waals surface area contributed by atoms with Crippen molar-refractivity contribution in [1.82, 2.24) is 14.1 Å². The minimum absolute atomic E-state index is 0.901. The van der Waals surface area contributed by atoms with Gasteiger partial charge in [-0.3, -0.25) is 4.98 Å². The minimum Gasteiger partial charge on any atom is -0.454 e. The summed E-state index contributed by atoms with van der Waals surface area (Å²) in [6.45, 7) is 0. The Bertz CT molecular complexity index is 3420. The first-order valence-corrected chi connectivity index (χ1v) is 21.8. The Morgan fingerprint density at radius 2 is 0.948 bits per heavy atom. The van der Waals surface area contributed by atoms with Crippen LogP contribution >= 0.6 is 0 Å². The smallest absolute Gasteiger partial charge is 0.179 e. The van der Waals surface area contributed by atoms with E-state index in [1.165, 1.54) is 42.4 Å². The molecule has 0 amide bonds. The maximum Gasteiger partial charge on any atom is 0.179 e. The Balaban J connectivity index is 1.12. The van der Waals surface area contributed by atoms with Gasteiger partial charge in [-0.1, -0.05) is 146 Å². The molecule has 0 unspecified atom stereocenters. The maximum absolute atomic E-state index is 6.68. The summed E-state index contributed by atoms with van der Waals surface area (Å²) in [7, 11) is -2.91. The maximum atomic E-state index is 6.68. The molecule has 0 bridgehead atoms. The van der Waals surface area contributed by atoms with Crippen molar-refractivity contribution in [2.75, 3.05) is 0 Å². The first-order valence-electron chi connectivity index (χ1n) is 19.8. The van der Waals surface area contributed by atoms with Crippen molar-refractivity contribution in [1.29, 1.82) is 0 Å². The number of hydrogen-bond acceptors (Lipinski definition) is 2. The van der Waals surface area contributed by atoms with Gasteiger partial charge in [-0.05, 0) is 75.3 Å². The van der Waals surface area contributed by atoms with E-state index < -0.39 is 8.07 Å². The molecule has 5 heteroatoms. The fourth-order valence-corrected chi connectivity index (χ4v) is 14.5. The van der Waals surface area contributed by atoms with Crippen LogP contribution in [0.1, 0.15) is 0 Å². The van der Waals surface area contributed by atoms with Gasteiger partial charge < -0.3 is 13.6 Å². The van der Waals surface area contributed by atoms with Gasteiger partial charge >= 0.3 is 0 Å². The molecular weight excluding hydrogens is 723 g/mol. The fourth-order valence-electron chi connectivity index (χ4n) is 9.71. The van der Waals surface area contributed by atoms with Crippen LogP contribution in [0.15, 0.2) is 217 Å². The summed E-state index contributed by atoms with van der Waals surface area (Å²) in [5.74, 6) is 0. The van der Waals surface area contributed by atoms with E-state index in [1.807, 2.05) is 18.5 Å². The lowest BCUT2D eigenvalue weighted by molar-refractivity contribution is 0.671. The molecule has 0 saturated heterocycles. The summed E-state index contributed by atoms with van der Waals surface area (Å²) in [5.41, 5.74) is 8.60.